The fourth-order valence-electron chi connectivity index (χ4n) is 3.73. The molecule has 0 aliphatic rings. The number of nitrogens with one attached hydrogen (secondary N) is 2. The van der Waals surface area contributed by atoms with Crippen LogP contribution in [-0.2, 0) is 11.2 Å². The number of oxazole rings is 1. The van der Waals surface area contributed by atoms with Crippen LogP contribution in [0.25, 0.3) is 11.1 Å². The first-order valence-electron chi connectivity index (χ1n) is 12.1. The van der Waals surface area contributed by atoms with E-state index < -0.39 is 0 Å². The Bertz CT molecular complexity index is 1340. The molecule has 7 heteroatoms. The first kappa shape index (κ1) is 25.4. The molecule has 1 amide bonds. The molecule has 1 aromatic heterocycles. The van der Waals surface area contributed by atoms with Gasteiger partial charge < -0.3 is 14.5 Å². The number of fused-ring (bicyclic) bond motifs is 1. The van der Waals surface area contributed by atoms with Gasteiger partial charge >= 0.3 is 0 Å². The number of carbonyl (C=O) groups excluding carboxylic acids is 1. The molecule has 6 nitrogen and oxygen atoms in total. The number of carbonyl (C=O) groups is 1. The zero-order valence-corrected chi connectivity index (χ0v) is 21.8. The second-order valence-electron chi connectivity index (χ2n) is 9.38. The van der Waals surface area contributed by atoms with Gasteiger partial charge in [0, 0.05) is 12.1 Å². The van der Waals surface area contributed by atoms with Gasteiger partial charge in [0.1, 0.15) is 11.3 Å². The molecule has 2 N–H and O–H groups in total. The van der Waals surface area contributed by atoms with Crippen molar-refractivity contribution in [1.82, 2.24) is 10.3 Å². The van der Waals surface area contributed by atoms with Gasteiger partial charge in [-0.25, -0.2) is 4.98 Å². The summed E-state index contributed by atoms with van der Waals surface area (Å²) in [5.74, 6) is 1.88. The molecular weight excluding hydrogens is 470 g/mol. The lowest BCUT2D eigenvalue weighted by molar-refractivity contribution is -0.121. The molecule has 0 saturated heterocycles. The molecule has 0 bridgehead atoms. The summed E-state index contributed by atoms with van der Waals surface area (Å²) >= 11 is 5.27. The molecule has 36 heavy (non-hydrogen) atoms. The van der Waals surface area contributed by atoms with E-state index in [1.54, 1.807) is 0 Å². The second kappa shape index (κ2) is 11.4. The number of hydrogen-bond donors (Lipinski definition) is 2. The summed E-state index contributed by atoms with van der Waals surface area (Å²) in [5, 5.41) is 5.88. The minimum absolute atomic E-state index is 0.120. The lowest BCUT2D eigenvalue weighted by atomic mass is 10.0. The fraction of sp³-hybridized carbons (Fsp3) is 0.276. The number of aromatic nitrogens is 1. The van der Waals surface area contributed by atoms with E-state index in [-0.39, 0.29) is 17.6 Å². The molecule has 3 aromatic carbocycles. The van der Waals surface area contributed by atoms with E-state index in [0.717, 1.165) is 22.4 Å². The quantitative estimate of drug-likeness (QED) is 0.266. The predicted octanol–water partition coefficient (Wildman–Crippen LogP) is 6.56. The maximum Gasteiger partial charge on any atom is 0.264 e. The molecule has 4 rings (SSSR count). The van der Waals surface area contributed by atoms with Crippen LogP contribution >= 0.6 is 12.2 Å². The standard InChI is InChI=1S/C29H31N3O3S/c1-18(2)21-7-12-24(13-8-21)34-17-27(33)32-29(36)30-23-10-5-20(6-11-23)15-28-31-25-16-22(19(3)4)9-14-26(25)35-28/h5-14,16,18-19H,15,17H2,1-4H3,(H2,30,32,33,36). The summed E-state index contributed by atoms with van der Waals surface area (Å²) in [5.41, 5.74) is 5.97. The number of nitrogens with zero attached hydrogens (tertiary/aromatic N) is 1. The van der Waals surface area contributed by atoms with Crippen LogP contribution in [0.15, 0.2) is 71.1 Å². The average molecular weight is 502 g/mol. The molecular formula is C29H31N3O3S. The van der Waals surface area contributed by atoms with E-state index in [0.29, 0.717) is 29.9 Å². The summed E-state index contributed by atoms with van der Waals surface area (Å²) in [6.45, 7) is 8.46. The van der Waals surface area contributed by atoms with Gasteiger partial charge in [-0.15, -0.1) is 0 Å². The third-order valence-corrected chi connectivity index (χ3v) is 6.06. The lowest BCUT2D eigenvalue weighted by Gasteiger charge is -2.11. The fourth-order valence-corrected chi connectivity index (χ4v) is 3.96. The van der Waals surface area contributed by atoms with Crippen molar-refractivity contribution < 1.29 is 13.9 Å². The number of amides is 1. The molecule has 0 atom stereocenters. The number of hydrogen-bond acceptors (Lipinski definition) is 5. The van der Waals surface area contributed by atoms with Crippen LogP contribution in [0.5, 0.6) is 5.75 Å². The first-order valence-corrected chi connectivity index (χ1v) is 12.5. The van der Waals surface area contributed by atoms with Crippen molar-refractivity contribution in [2.45, 2.75) is 46.0 Å². The topological polar surface area (TPSA) is 76.4 Å². The third kappa shape index (κ3) is 6.70. The zero-order valence-electron chi connectivity index (χ0n) is 21.0. The smallest absolute Gasteiger partial charge is 0.264 e. The van der Waals surface area contributed by atoms with Crippen molar-refractivity contribution in [3.05, 3.63) is 89.3 Å². The highest BCUT2D eigenvalue weighted by Crippen LogP contribution is 2.23. The molecule has 1 heterocycles. The van der Waals surface area contributed by atoms with E-state index in [1.807, 2.05) is 54.6 Å². The Balaban J connectivity index is 1.26. The molecule has 0 fully saturated rings. The van der Waals surface area contributed by atoms with Gasteiger partial charge in [-0.3, -0.25) is 10.1 Å². The van der Waals surface area contributed by atoms with Crippen molar-refractivity contribution in [3.63, 3.8) is 0 Å². The van der Waals surface area contributed by atoms with Crippen LogP contribution < -0.4 is 15.4 Å². The van der Waals surface area contributed by atoms with Gasteiger partial charge in [0.15, 0.2) is 23.2 Å². The Morgan fingerprint density at radius 1 is 0.944 bits per heavy atom. The Morgan fingerprint density at radius 3 is 2.28 bits per heavy atom. The Hall–Kier alpha value is -3.71. The van der Waals surface area contributed by atoms with Crippen molar-refractivity contribution in [2.75, 3.05) is 11.9 Å². The molecule has 0 spiro atoms. The summed E-state index contributed by atoms with van der Waals surface area (Å²) < 4.78 is 11.5. The number of benzene rings is 3. The van der Waals surface area contributed by atoms with Crippen molar-refractivity contribution in [3.8, 4) is 5.75 Å². The number of ether oxygens (including phenoxy) is 1. The van der Waals surface area contributed by atoms with Crippen LogP contribution in [0.4, 0.5) is 5.69 Å². The molecule has 0 aliphatic heterocycles. The lowest BCUT2D eigenvalue weighted by Crippen LogP contribution is -2.37. The van der Waals surface area contributed by atoms with E-state index in [4.69, 9.17) is 21.4 Å². The summed E-state index contributed by atoms with van der Waals surface area (Å²) in [7, 11) is 0. The normalized spacial score (nSPS) is 11.2. The Labute approximate surface area is 217 Å². The SMILES string of the molecule is CC(C)c1ccc(OCC(=O)NC(=S)Nc2ccc(Cc3nc4cc(C(C)C)ccc4o3)cc2)cc1. The van der Waals surface area contributed by atoms with Gasteiger partial charge in [0.25, 0.3) is 5.91 Å². The second-order valence-corrected chi connectivity index (χ2v) is 9.79. The maximum absolute atomic E-state index is 12.2. The molecule has 0 saturated carbocycles. The number of thiocarbonyl (C=S) groups is 1. The number of anilines is 1. The van der Waals surface area contributed by atoms with E-state index in [1.165, 1.54) is 11.1 Å². The van der Waals surface area contributed by atoms with Gasteiger partial charge in [-0.2, -0.15) is 0 Å². The zero-order chi connectivity index (χ0) is 25.7. The van der Waals surface area contributed by atoms with Crippen molar-refractivity contribution in [1.29, 1.82) is 0 Å². The number of rotatable bonds is 8. The van der Waals surface area contributed by atoms with Crippen LogP contribution in [0.1, 0.15) is 62.1 Å². The molecule has 0 aliphatic carbocycles. The van der Waals surface area contributed by atoms with Gasteiger partial charge in [0.05, 0.1) is 0 Å². The summed E-state index contributed by atoms with van der Waals surface area (Å²) in [6, 6.07) is 21.6. The van der Waals surface area contributed by atoms with E-state index in [9.17, 15) is 4.79 Å². The molecule has 0 radical (unpaired) electrons. The van der Waals surface area contributed by atoms with Gasteiger partial charge in [0.2, 0.25) is 0 Å². The monoisotopic (exact) mass is 501 g/mol. The molecule has 4 aromatic rings. The van der Waals surface area contributed by atoms with Crippen LogP contribution in [0.2, 0.25) is 0 Å². The Kier molecular flexibility index (Phi) is 8.00. The maximum atomic E-state index is 12.2. The Morgan fingerprint density at radius 2 is 1.61 bits per heavy atom. The van der Waals surface area contributed by atoms with Gasteiger partial charge in [-0.05, 0) is 77.1 Å². The minimum atomic E-state index is -0.325. The molecule has 0 unspecified atom stereocenters. The first-order chi connectivity index (χ1) is 17.3. The predicted molar refractivity (Wildman–Crippen MR) is 148 cm³/mol. The van der Waals surface area contributed by atoms with E-state index in [2.05, 4.69) is 55.4 Å². The van der Waals surface area contributed by atoms with Gasteiger partial charge in [-0.1, -0.05) is 58.0 Å². The highest BCUT2D eigenvalue weighted by molar-refractivity contribution is 7.80. The van der Waals surface area contributed by atoms with Crippen molar-refractivity contribution >= 4 is 40.0 Å². The summed E-state index contributed by atoms with van der Waals surface area (Å²) in [6.07, 6.45) is 0.586. The largest absolute Gasteiger partial charge is 0.484 e. The van der Waals surface area contributed by atoms with Crippen LogP contribution in [0.3, 0.4) is 0 Å². The average Bonchev–Trinajstić information content (AvgIpc) is 3.25. The molecule has 186 valence electrons. The highest BCUT2D eigenvalue weighted by Gasteiger charge is 2.10. The third-order valence-electron chi connectivity index (χ3n) is 5.86. The van der Waals surface area contributed by atoms with Crippen molar-refractivity contribution in [2.24, 2.45) is 0 Å². The van der Waals surface area contributed by atoms with Crippen LogP contribution in [0, 0.1) is 0 Å². The minimum Gasteiger partial charge on any atom is -0.484 e. The van der Waals surface area contributed by atoms with Crippen LogP contribution in [-0.4, -0.2) is 22.6 Å². The van der Waals surface area contributed by atoms with E-state index >= 15 is 0 Å². The highest BCUT2D eigenvalue weighted by atomic mass is 32.1. The summed E-state index contributed by atoms with van der Waals surface area (Å²) in [4.78, 5) is 16.8.